The molecule has 0 heterocycles. The summed E-state index contributed by atoms with van der Waals surface area (Å²) in [5.74, 6) is 0. The second-order valence-corrected chi connectivity index (χ2v) is 4.11. The van der Waals surface area contributed by atoms with Gasteiger partial charge < -0.3 is 0 Å². The number of alkyl halides is 3. The van der Waals surface area contributed by atoms with Crippen LogP contribution in [0.2, 0.25) is 10.0 Å². The number of nitrogens with zero attached hydrogens (tertiary/aromatic N) is 1. The number of hydrogen-bond donors (Lipinski definition) is 0. The fourth-order valence-corrected chi connectivity index (χ4v) is 1.62. The highest BCUT2D eigenvalue weighted by Crippen LogP contribution is 2.21. The van der Waals surface area contributed by atoms with E-state index in [1.165, 1.54) is 18.2 Å². The monoisotopic (exact) mass is 289 g/mol. The Morgan fingerprint density at radius 3 is 2.06 bits per heavy atom. The third-order valence-corrected chi connectivity index (χ3v) is 2.27. The standard InChI is InChI=1S/C9H5Cl3F3N/c10-6-1-5(2-7(11)3-6)8(12)16-4-9(13,14)15/h1-3H,4H2. The molecule has 1 aromatic carbocycles. The van der Waals surface area contributed by atoms with Gasteiger partial charge in [-0.05, 0) is 18.2 Å². The molecule has 1 rings (SSSR count). The third kappa shape index (κ3) is 4.60. The highest BCUT2D eigenvalue weighted by Gasteiger charge is 2.26. The van der Waals surface area contributed by atoms with E-state index in [1.807, 2.05) is 0 Å². The predicted molar refractivity (Wildman–Crippen MR) is 59.8 cm³/mol. The van der Waals surface area contributed by atoms with E-state index >= 15 is 0 Å². The minimum atomic E-state index is -4.39. The lowest BCUT2D eigenvalue weighted by atomic mass is 10.2. The molecule has 0 unspecified atom stereocenters. The first-order valence-electron chi connectivity index (χ1n) is 4.01. The minimum absolute atomic E-state index is 0.253. The summed E-state index contributed by atoms with van der Waals surface area (Å²) in [5.41, 5.74) is 0.253. The van der Waals surface area contributed by atoms with Crippen molar-refractivity contribution in [2.75, 3.05) is 6.54 Å². The van der Waals surface area contributed by atoms with Gasteiger partial charge in [-0.3, -0.25) is 4.99 Å². The number of benzene rings is 1. The fraction of sp³-hybridized carbons (Fsp3) is 0.222. The molecule has 0 aromatic heterocycles. The highest BCUT2D eigenvalue weighted by molar-refractivity contribution is 6.69. The quantitative estimate of drug-likeness (QED) is 0.709. The molecule has 0 N–H and O–H groups in total. The highest BCUT2D eigenvalue weighted by atomic mass is 35.5. The number of rotatable bonds is 2. The smallest absolute Gasteiger partial charge is 0.263 e. The summed E-state index contributed by atoms with van der Waals surface area (Å²) < 4.78 is 35.6. The van der Waals surface area contributed by atoms with E-state index in [0.29, 0.717) is 0 Å². The second-order valence-electron chi connectivity index (χ2n) is 2.88. The zero-order valence-corrected chi connectivity index (χ0v) is 9.92. The molecule has 0 aliphatic heterocycles. The lowest BCUT2D eigenvalue weighted by Crippen LogP contribution is -2.13. The van der Waals surface area contributed by atoms with Gasteiger partial charge >= 0.3 is 6.18 Å². The fourth-order valence-electron chi connectivity index (χ4n) is 0.923. The van der Waals surface area contributed by atoms with Gasteiger partial charge in [0.1, 0.15) is 11.7 Å². The van der Waals surface area contributed by atoms with Crippen LogP contribution in [0.5, 0.6) is 0 Å². The van der Waals surface area contributed by atoms with Gasteiger partial charge in [-0.1, -0.05) is 34.8 Å². The van der Waals surface area contributed by atoms with Crippen molar-refractivity contribution < 1.29 is 13.2 Å². The Bertz CT molecular complexity index is 395. The van der Waals surface area contributed by atoms with E-state index in [2.05, 4.69) is 4.99 Å². The minimum Gasteiger partial charge on any atom is -0.263 e. The average Bonchev–Trinajstić information content (AvgIpc) is 2.11. The number of halogens is 6. The molecule has 0 saturated carbocycles. The van der Waals surface area contributed by atoms with Crippen LogP contribution in [0, 0.1) is 0 Å². The maximum Gasteiger partial charge on any atom is 0.408 e. The number of aliphatic imine (C=N–C) groups is 1. The van der Waals surface area contributed by atoms with Crippen LogP contribution in [0.4, 0.5) is 13.2 Å². The molecule has 0 amide bonds. The average molecular weight is 290 g/mol. The molecule has 88 valence electrons. The lowest BCUT2D eigenvalue weighted by Gasteiger charge is -2.04. The van der Waals surface area contributed by atoms with Crippen molar-refractivity contribution >= 4 is 40.0 Å². The Kier molecular flexibility index (Phi) is 4.47. The Labute approximate surface area is 105 Å². The first kappa shape index (κ1) is 13.6. The van der Waals surface area contributed by atoms with E-state index < -0.39 is 12.7 Å². The van der Waals surface area contributed by atoms with Crippen molar-refractivity contribution in [2.24, 2.45) is 4.99 Å². The molecule has 16 heavy (non-hydrogen) atoms. The molecule has 0 saturated heterocycles. The second kappa shape index (κ2) is 5.25. The summed E-state index contributed by atoms with van der Waals surface area (Å²) in [6, 6.07) is 4.21. The molecule has 0 fully saturated rings. The molecule has 7 heteroatoms. The van der Waals surface area contributed by atoms with E-state index in [4.69, 9.17) is 34.8 Å². The largest absolute Gasteiger partial charge is 0.408 e. The lowest BCUT2D eigenvalue weighted by molar-refractivity contribution is -0.118. The Balaban J connectivity index is 2.91. The van der Waals surface area contributed by atoms with E-state index in [-0.39, 0.29) is 20.8 Å². The van der Waals surface area contributed by atoms with Gasteiger partial charge in [0.25, 0.3) is 0 Å². The summed E-state index contributed by atoms with van der Waals surface area (Å²) >= 11 is 16.9. The van der Waals surface area contributed by atoms with Crippen LogP contribution in [-0.2, 0) is 0 Å². The van der Waals surface area contributed by atoms with Crippen molar-refractivity contribution in [1.29, 1.82) is 0 Å². The number of hydrogen-bond acceptors (Lipinski definition) is 1. The molecule has 0 atom stereocenters. The molecule has 0 bridgehead atoms. The van der Waals surface area contributed by atoms with Gasteiger partial charge in [0.05, 0.1) is 0 Å². The van der Waals surface area contributed by atoms with Crippen LogP contribution >= 0.6 is 34.8 Å². The van der Waals surface area contributed by atoms with Crippen molar-refractivity contribution in [1.82, 2.24) is 0 Å². The van der Waals surface area contributed by atoms with Crippen LogP contribution in [-0.4, -0.2) is 17.9 Å². The Morgan fingerprint density at radius 2 is 1.62 bits per heavy atom. The van der Waals surface area contributed by atoms with Crippen molar-refractivity contribution in [3.63, 3.8) is 0 Å². The van der Waals surface area contributed by atoms with Gasteiger partial charge in [0.15, 0.2) is 0 Å². The Morgan fingerprint density at radius 1 is 1.12 bits per heavy atom. The normalized spacial score (nSPS) is 13.0. The third-order valence-electron chi connectivity index (χ3n) is 1.50. The molecule has 1 aromatic rings. The van der Waals surface area contributed by atoms with Gasteiger partial charge in [0.2, 0.25) is 0 Å². The topological polar surface area (TPSA) is 12.4 Å². The van der Waals surface area contributed by atoms with Crippen LogP contribution in [0.3, 0.4) is 0 Å². The maximum absolute atomic E-state index is 11.9. The van der Waals surface area contributed by atoms with Gasteiger partial charge in [-0.25, -0.2) is 0 Å². The summed E-state index contributed by atoms with van der Waals surface area (Å²) in [6.07, 6.45) is -4.39. The van der Waals surface area contributed by atoms with Crippen LogP contribution in [0.1, 0.15) is 5.56 Å². The van der Waals surface area contributed by atoms with Crippen LogP contribution in [0.25, 0.3) is 0 Å². The van der Waals surface area contributed by atoms with Crippen LogP contribution < -0.4 is 0 Å². The molecule has 1 nitrogen and oxygen atoms in total. The summed E-state index contributed by atoms with van der Waals surface area (Å²) in [6.45, 7) is -1.34. The molecule has 0 aliphatic carbocycles. The van der Waals surface area contributed by atoms with E-state index in [0.717, 1.165) is 0 Å². The van der Waals surface area contributed by atoms with Crippen LogP contribution in [0.15, 0.2) is 23.2 Å². The zero-order valence-electron chi connectivity index (χ0n) is 7.65. The molecule has 0 radical (unpaired) electrons. The summed E-state index contributed by atoms with van der Waals surface area (Å²) in [4.78, 5) is 3.19. The first-order valence-corrected chi connectivity index (χ1v) is 5.14. The van der Waals surface area contributed by atoms with Crippen molar-refractivity contribution in [3.8, 4) is 0 Å². The van der Waals surface area contributed by atoms with E-state index in [9.17, 15) is 13.2 Å². The zero-order chi connectivity index (χ0) is 12.3. The van der Waals surface area contributed by atoms with Gasteiger partial charge in [-0.15, -0.1) is 0 Å². The van der Waals surface area contributed by atoms with E-state index in [1.54, 1.807) is 0 Å². The maximum atomic E-state index is 11.9. The van der Waals surface area contributed by atoms with Crippen molar-refractivity contribution in [2.45, 2.75) is 6.18 Å². The summed E-state index contributed by atoms with van der Waals surface area (Å²) in [5, 5.41) is 0.285. The molecule has 0 spiro atoms. The van der Waals surface area contributed by atoms with Gasteiger partial charge in [0, 0.05) is 15.6 Å². The van der Waals surface area contributed by atoms with Crippen molar-refractivity contribution in [3.05, 3.63) is 33.8 Å². The Hall–Kier alpha value is -0.450. The molecular weight excluding hydrogens is 285 g/mol. The van der Waals surface area contributed by atoms with Gasteiger partial charge in [-0.2, -0.15) is 13.2 Å². The first-order chi connectivity index (χ1) is 7.28. The predicted octanol–water partition coefficient (Wildman–Crippen LogP) is 4.54. The molecular formula is C9H5Cl3F3N. The summed E-state index contributed by atoms with van der Waals surface area (Å²) in [7, 11) is 0. The molecule has 0 aliphatic rings. The SMILES string of the molecule is FC(F)(F)CN=C(Cl)c1cc(Cl)cc(Cl)c1.